The van der Waals surface area contributed by atoms with Crippen molar-refractivity contribution in [2.45, 2.75) is 0 Å². The van der Waals surface area contributed by atoms with Crippen LogP contribution in [0.15, 0.2) is 134 Å². The van der Waals surface area contributed by atoms with E-state index in [-0.39, 0.29) is 0 Å². The van der Waals surface area contributed by atoms with Gasteiger partial charge in [0.15, 0.2) is 0 Å². The first-order valence-corrected chi connectivity index (χ1v) is 13.4. The van der Waals surface area contributed by atoms with Crippen LogP contribution in [0.25, 0.3) is 82.5 Å². The van der Waals surface area contributed by atoms with Crippen molar-refractivity contribution in [3.63, 3.8) is 0 Å². The fourth-order valence-corrected chi connectivity index (χ4v) is 6.74. The van der Waals surface area contributed by atoms with Gasteiger partial charge in [-0.1, -0.05) is 103 Å². The maximum atomic E-state index is 4.84. The molecule has 0 saturated carbocycles. The number of benzene rings is 6. The third-order valence-corrected chi connectivity index (χ3v) is 8.37. The van der Waals surface area contributed by atoms with Gasteiger partial charge in [-0.15, -0.1) is 0 Å². The normalized spacial score (nSPS) is 12.1. The van der Waals surface area contributed by atoms with E-state index in [1.165, 1.54) is 65.8 Å². The highest BCUT2D eigenvalue weighted by Crippen LogP contribution is 2.49. The second-order valence-corrected chi connectivity index (χ2v) is 10.4. The summed E-state index contributed by atoms with van der Waals surface area (Å²) < 4.78 is 2.36. The van der Waals surface area contributed by atoms with Crippen molar-refractivity contribution in [1.82, 2.24) is 9.55 Å². The molecule has 2 nitrogen and oxygen atoms in total. The molecule has 0 unspecified atom stereocenters. The fourth-order valence-electron chi connectivity index (χ4n) is 6.74. The molecule has 6 aromatic carbocycles. The maximum Gasteiger partial charge on any atom is 0.0730 e. The number of hydrogen-bond acceptors (Lipinski definition) is 1. The minimum absolute atomic E-state index is 1.02. The maximum absolute atomic E-state index is 4.84. The Morgan fingerprint density at radius 2 is 1.10 bits per heavy atom. The number of pyridine rings is 1. The smallest absolute Gasteiger partial charge is 0.0730 e. The minimum atomic E-state index is 1.02. The SMILES string of the molecule is c1cc(-c2ccc3c4c(cccc24)-c2ccccc2-3)cc(-n2c3ccccc3c3c4ccccc4ncc32)c1. The number of para-hydroxylation sites is 2. The lowest BCUT2D eigenvalue weighted by Crippen LogP contribution is -1.95. The van der Waals surface area contributed by atoms with Crippen LogP contribution in [0.3, 0.4) is 0 Å². The molecule has 0 N–H and O–H groups in total. The molecule has 2 heterocycles. The molecule has 0 radical (unpaired) electrons. The van der Waals surface area contributed by atoms with E-state index in [9.17, 15) is 0 Å². The highest BCUT2D eigenvalue weighted by molar-refractivity contribution is 6.21. The monoisotopic (exact) mass is 494 g/mol. The first-order chi connectivity index (χ1) is 19.4. The molecule has 0 spiro atoms. The molecule has 1 aliphatic rings. The molecule has 39 heavy (non-hydrogen) atoms. The van der Waals surface area contributed by atoms with E-state index in [2.05, 4.69) is 132 Å². The average molecular weight is 495 g/mol. The Bertz CT molecular complexity index is 2260. The van der Waals surface area contributed by atoms with Crippen molar-refractivity contribution in [3.05, 3.63) is 134 Å². The molecule has 0 fully saturated rings. The van der Waals surface area contributed by atoms with Gasteiger partial charge in [-0.3, -0.25) is 4.98 Å². The van der Waals surface area contributed by atoms with E-state index in [0.29, 0.717) is 0 Å². The molecular formula is C37H22N2. The van der Waals surface area contributed by atoms with Crippen LogP contribution in [0.2, 0.25) is 0 Å². The summed E-state index contributed by atoms with van der Waals surface area (Å²) in [6.45, 7) is 0. The fraction of sp³-hybridized carbons (Fsp3) is 0. The van der Waals surface area contributed by atoms with Crippen molar-refractivity contribution < 1.29 is 0 Å². The van der Waals surface area contributed by atoms with E-state index in [1.807, 2.05) is 6.20 Å². The molecular weight excluding hydrogens is 472 g/mol. The molecule has 0 amide bonds. The zero-order valence-electron chi connectivity index (χ0n) is 21.1. The molecule has 1 aliphatic carbocycles. The second-order valence-electron chi connectivity index (χ2n) is 10.4. The Balaban J connectivity index is 1.31. The van der Waals surface area contributed by atoms with Crippen LogP contribution in [0.5, 0.6) is 0 Å². The number of aromatic nitrogens is 2. The number of fused-ring (bicyclic) bond motifs is 8. The van der Waals surface area contributed by atoms with Crippen molar-refractivity contribution in [2.75, 3.05) is 0 Å². The summed E-state index contributed by atoms with van der Waals surface area (Å²) in [5, 5.41) is 6.35. The number of rotatable bonds is 2. The summed E-state index contributed by atoms with van der Waals surface area (Å²) in [6, 6.07) is 46.1. The summed E-state index contributed by atoms with van der Waals surface area (Å²) in [4.78, 5) is 4.84. The van der Waals surface area contributed by atoms with Gasteiger partial charge in [0.2, 0.25) is 0 Å². The first-order valence-electron chi connectivity index (χ1n) is 13.4. The Kier molecular flexibility index (Phi) is 4.08. The van der Waals surface area contributed by atoms with Crippen LogP contribution < -0.4 is 0 Å². The molecule has 8 aromatic rings. The van der Waals surface area contributed by atoms with E-state index in [1.54, 1.807) is 0 Å². The Labute approximate surface area is 225 Å². The molecule has 0 bridgehead atoms. The van der Waals surface area contributed by atoms with Crippen LogP contribution in [-0.4, -0.2) is 9.55 Å². The third-order valence-electron chi connectivity index (χ3n) is 8.37. The highest BCUT2D eigenvalue weighted by Gasteiger charge is 2.22. The molecule has 0 aliphatic heterocycles. The van der Waals surface area contributed by atoms with E-state index in [0.717, 1.165) is 16.7 Å². The van der Waals surface area contributed by atoms with Gasteiger partial charge in [0.25, 0.3) is 0 Å². The van der Waals surface area contributed by atoms with Crippen molar-refractivity contribution in [2.24, 2.45) is 0 Å². The third kappa shape index (κ3) is 2.78. The lowest BCUT2D eigenvalue weighted by Gasteiger charge is -2.13. The van der Waals surface area contributed by atoms with Crippen molar-refractivity contribution >= 4 is 43.5 Å². The topological polar surface area (TPSA) is 17.8 Å². The Morgan fingerprint density at radius 3 is 2.00 bits per heavy atom. The predicted octanol–water partition coefficient (Wildman–Crippen LogP) is 9.80. The van der Waals surface area contributed by atoms with E-state index >= 15 is 0 Å². The number of nitrogens with zero attached hydrogens (tertiary/aromatic N) is 2. The zero-order valence-corrected chi connectivity index (χ0v) is 21.1. The van der Waals surface area contributed by atoms with Crippen molar-refractivity contribution in [1.29, 1.82) is 0 Å². The van der Waals surface area contributed by atoms with Gasteiger partial charge in [-0.25, -0.2) is 0 Å². The summed E-state index contributed by atoms with van der Waals surface area (Å²) >= 11 is 0. The van der Waals surface area contributed by atoms with Gasteiger partial charge in [-0.2, -0.15) is 0 Å². The van der Waals surface area contributed by atoms with Crippen LogP contribution in [0.4, 0.5) is 0 Å². The summed E-state index contributed by atoms with van der Waals surface area (Å²) in [7, 11) is 0. The lowest BCUT2D eigenvalue weighted by molar-refractivity contribution is 1.17. The summed E-state index contributed by atoms with van der Waals surface area (Å²) in [5.74, 6) is 0. The van der Waals surface area contributed by atoms with Gasteiger partial charge >= 0.3 is 0 Å². The molecule has 180 valence electrons. The predicted molar refractivity (Wildman–Crippen MR) is 163 cm³/mol. The standard InChI is InChI=1S/C37H22N2/c1-2-12-27-26(11-1)29-16-8-15-28-25(19-20-30(27)36(28)29)23-9-7-10-24(21-23)39-34-18-6-4-14-32(34)37-31-13-3-5-17-33(31)38-22-35(37)39/h1-22H. The van der Waals surface area contributed by atoms with Crippen LogP contribution in [0.1, 0.15) is 0 Å². The quantitative estimate of drug-likeness (QED) is 0.234. The van der Waals surface area contributed by atoms with E-state index in [4.69, 9.17) is 4.98 Å². The van der Waals surface area contributed by atoms with Gasteiger partial charge < -0.3 is 4.57 Å². The molecule has 2 aromatic heterocycles. The summed E-state index contributed by atoms with van der Waals surface area (Å²) in [6.07, 6.45) is 2.03. The molecule has 0 saturated heterocycles. The Hall–Kier alpha value is -5.21. The van der Waals surface area contributed by atoms with Crippen LogP contribution >= 0.6 is 0 Å². The van der Waals surface area contributed by atoms with Gasteiger partial charge in [0, 0.05) is 21.8 Å². The second kappa shape index (κ2) is 7.66. The minimum Gasteiger partial charge on any atom is -0.308 e. The average Bonchev–Trinajstić information content (AvgIpc) is 3.52. The highest BCUT2D eigenvalue weighted by atomic mass is 15.0. The molecule has 0 atom stereocenters. The molecule has 2 heteroatoms. The number of hydrogen-bond donors (Lipinski definition) is 0. The van der Waals surface area contributed by atoms with Crippen molar-refractivity contribution in [3.8, 4) is 39.1 Å². The van der Waals surface area contributed by atoms with Crippen LogP contribution in [-0.2, 0) is 0 Å². The lowest BCUT2D eigenvalue weighted by atomic mass is 9.94. The Morgan fingerprint density at radius 1 is 0.436 bits per heavy atom. The van der Waals surface area contributed by atoms with Gasteiger partial charge in [0.05, 0.1) is 22.7 Å². The van der Waals surface area contributed by atoms with Gasteiger partial charge in [0.1, 0.15) is 0 Å². The molecule has 9 rings (SSSR count). The summed E-state index contributed by atoms with van der Waals surface area (Å²) in [5.41, 5.74) is 12.3. The van der Waals surface area contributed by atoms with Gasteiger partial charge in [-0.05, 0) is 68.4 Å². The first kappa shape index (κ1) is 20.8. The largest absolute Gasteiger partial charge is 0.308 e. The zero-order chi connectivity index (χ0) is 25.5. The van der Waals surface area contributed by atoms with E-state index < -0.39 is 0 Å². The van der Waals surface area contributed by atoms with Crippen LogP contribution in [0, 0.1) is 0 Å².